The van der Waals surface area contributed by atoms with Gasteiger partial charge in [0.25, 0.3) is 0 Å². The van der Waals surface area contributed by atoms with Crippen LogP contribution in [0.1, 0.15) is 0 Å². The van der Waals surface area contributed by atoms with E-state index in [0.29, 0.717) is 5.56 Å². The first kappa shape index (κ1) is 36.5. The maximum atomic E-state index is 10.7. The summed E-state index contributed by atoms with van der Waals surface area (Å²) in [6.45, 7) is 0. The van der Waals surface area contributed by atoms with Crippen LogP contribution in [-0.4, -0.2) is 30.1 Å². The van der Waals surface area contributed by atoms with Crippen molar-refractivity contribution < 1.29 is 29.9 Å². The van der Waals surface area contributed by atoms with Gasteiger partial charge in [0.05, 0.1) is 16.6 Å². The minimum Gasteiger partial charge on any atom is -0.504 e. The largest absolute Gasteiger partial charge is 0.504 e. The number of phenolic OH excluding ortho intramolecular Hbond substituents is 5. The van der Waals surface area contributed by atoms with E-state index in [0.717, 1.165) is 78.0 Å². The smallest absolute Gasteiger partial charge is 0.208 e. The monoisotopic (exact) mass is 808 g/mol. The Morgan fingerprint density at radius 3 is 1.47 bits per heavy atom. The molecule has 62 heavy (non-hydrogen) atoms. The highest BCUT2D eigenvalue weighted by Gasteiger charge is 2.25. The molecule has 298 valence electrons. The molecular formula is C54H36N2O6. The van der Waals surface area contributed by atoms with Gasteiger partial charge in [-0.05, 0) is 101 Å². The molecule has 8 heteroatoms. The summed E-state index contributed by atoms with van der Waals surface area (Å²) < 4.78 is 8.50. The van der Waals surface area contributed by atoms with Gasteiger partial charge in [0, 0.05) is 44.3 Å². The first-order valence-corrected chi connectivity index (χ1v) is 20.1. The summed E-state index contributed by atoms with van der Waals surface area (Å²) in [6, 6.07) is 63.4. The minimum atomic E-state index is -1.01. The normalized spacial score (nSPS) is 11.5. The molecule has 0 amide bonds. The van der Waals surface area contributed by atoms with Gasteiger partial charge in [0.2, 0.25) is 17.2 Å². The van der Waals surface area contributed by atoms with E-state index in [1.807, 2.05) is 42.5 Å². The summed E-state index contributed by atoms with van der Waals surface area (Å²) in [6.07, 6.45) is 0. The van der Waals surface area contributed by atoms with Crippen molar-refractivity contribution in [3.8, 4) is 67.8 Å². The highest BCUT2D eigenvalue weighted by Crippen LogP contribution is 2.55. The topological polar surface area (TPSA) is 122 Å². The summed E-state index contributed by atoms with van der Waals surface area (Å²) in [4.78, 5) is 2.10. The first-order chi connectivity index (χ1) is 30.3. The summed E-state index contributed by atoms with van der Waals surface area (Å²) in [5.74, 6) is -4.37. The van der Waals surface area contributed by atoms with Crippen molar-refractivity contribution in [2.45, 2.75) is 0 Å². The van der Waals surface area contributed by atoms with Crippen LogP contribution in [-0.2, 0) is 0 Å². The second-order valence-corrected chi connectivity index (χ2v) is 15.3. The fourth-order valence-corrected chi connectivity index (χ4v) is 8.82. The SMILES string of the molecule is Oc1c(O)c(O)c(-c2ccc(N(c3ccc(-c4cccc(-n5c6ccccc6c6ccccc65)c4)cc3)c3ccc(-c4cccc5oc6ccccc6c45)cc3)cc2)c(O)c1O. The molecule has 0 atom stereocenters. The highest BCUT2D eigenvalue weighted by atomic mass is 16.4. The van der Waals surface area contributed by atoms with Gasteiger partial charge >= 0.3 is 0 Å². The standard InChI is InChI=1S/C54H36N2O6/c57-50-48(51(58)53(60)54(61)52(50)59)34-23-29-38(30-24-34)55(37-27-21-33(22-28-37)40-14-8-18-47-49(40)43-13-3-6-17-46(43)62-47)36-25-19-32(20-26-36)35-9-7-10-39(31-35)56-44-15-4-1-11-41(44)42-12-2-5-16-45(42)56/h1-31,57-61H. The second kappa shape index (κ2) is 14.3. The lowest BCUT2D eigenvalue weighted by molar-refractivity contribution is 0.330. The molecule has 0 fully saturated rings. The quantitative estimate of drug-likeness (QED) is 0.0802. The van der Waals surface area contributed by atoms with Crippen molar-refractivity contribution >= 4 is 60.8 Å². The Bertz CT molecular complexity index is 3430. The Morgan fingerprint density at radius 1 is 0.371 bits per heavy atom. The Kier molecular flexibility index (Phi) is 8.40. The number of hydrogen-bond donors (Lipinski definition) is 5. The lowest BCUT2D eigenvalue weighted by atomic mass is 9.98. The molecule has 11 aromatic rings. The lowest BCUT2D eigenvalue weighted by Crippen LogP contribution is -2.09. The minimum absolute atomic E-state index is 0.214. The van der Waals surface area contributed by atoms with Gasteiger partial charge in [-0.1, -0.05) is 115 Å². The summed E-state index contributed by atoms with van der Waals surface area (Å²) in [7, 11) is 0. The molecule has 0 unspecified atom stereocenters. The van der Waals surface area contributed by atoms with Crippen molar-refractivity contribution in [3.63, 3.8) is 0 Å². The van der Waals surface area contributed by atoms with Crippen LogP contribution in [0.2, 0.25) is 0 Å². The molecule has 0 saturated heterocycles. The molecule has 2 aromatic heterocycles. The fourth-order valence-electron chi connectivity index (χ4n) is 8.82. The molecule has 0 aliphatic rings. The predicted molar refractivity (Wildman–Crippen MR) is 247 cm³/mol. The molecule has 8 nitrogen and oxygen atoms in total. The number of rotatable bonds is 7. The zero-order chi connectivity index (χ0) is 42.1. The maximum absolute atomic E-state index is 10.7. The van der Waals surface area contributed by atoms with E-state index in [9.17, 15) is 25.5 Å². The van der Waals surface area contributed by atoms with Crippen molar-refractivity contribution in [1.29, 1.82) is 0 Å². The number of anilines is 3. The number of fused-ring (bicyclic) bond motifs is 6. The molecule has 2 heterocycles. The number of nitrogens with zero attached hydrogens (tertiary/aromatic N) is 2. The molecule has 0 bridgehead atoms. The molecule has 9 aromatic carbocycles. The second-order valence-electron chi connectivity index (χ2n) is 15.3. The molecule has 0 saturated carbocycles. The van der Waals surface area contributed by atoms with Gasteiger partial charge in [-0.25, -0.2) is 0 Å². The van der Waals surface area contributed by atoms with Crippen LogP contribution in [0.5, 0.6) is 28.7 Å². The van der Waals surface area contributed by atoms with Gasteiger partial charge in [-0.15, -0.1) is 0 Å². The van der Waals surface area contributed by atoms with Gasteiger partial charge in [-0.2, -0.15) is 0 Å². The van der Waals surface area contributed by atoms with Crippen LogP contribution < -0.4 is 4.90 Å². The van der Waals surface area contributed by atoms with Gasteiger partial charge < -0.3 is 39.4 Å². The van der Waals surface area contributed by atoms with Crippen LogP contribution in [0.4, 0.5) is 17.1 Å². The third-order valence-electron chi connectivity index (χ3n) is 11.8. The number of hydrogen-bond acceptors (Lipinski definition) is 7. The Labute approximate surface area is 354 Å². The Balaban J connectivity index is 0.995. The number of furan rings is 1. The fraction of sp³-hybridized carbons (Fsp3) is 0. The van der Waals surface area contributed by atoms with Gasteiger partial charge in [0.1, 0.15) is 11.2 Å². The molecule has 0 aliphatic heterocycles. The van der Waals surface area contributed by atoms with E-state index < -0.39 is 28.7 Å². The highest BCUT2D eigenvalue weighted by molar-refractivity contribution is 6.12. The van der Waals surface area contributed by atoms with Gasteiger partial charge in [0.15, 0.2) is 11.5 Å². The Hall–Kier alpha value is -8.62. The summed E-state index contributed by atoms with van der Waals surface area (Å²) in [5.41, 5.74) is 11.8. The number of phenols is 5. The predicted octanol–water partition coefficient (Wildman–Crippen LogP) is 13.7. The average Bonchev–Trinajstić information content (AvgIpc) is 3.88. The molecule has 5 N–H and O–H groups in total. The molecule has 11 rings (SSSR count). The van der Waals surface area contributed by atoms with E-state index in [4.69, 9.17) is 4.42 Å². The Morgan fingerprint density at radius 2 is 0.855 bits per heavy atom. The first-order valence-electron chi connectivity index (χ1n) is 20.1. The maximum Gasteiger partial charge on any atom is 0.208 e. The third-order valence-corrected chi connectivity index (χ3v) is 11.8. The van der Waals surface area contributed by atoms with Crippen LogP contribution >= 0.6 is 0 Å². The van der Waals surface area contributed by atoms with E-state index in [1.165, 1.54) is 10.8 Å². The van der Waals surface area contributed by atoms with Crippen LogP contribution in [0.3, 0.4) is 0 Å². The van der Waals surface area contributed by atoms with E-state index in [2.05, 4.69) is 143 Å². The molecule has 0 aliphatic carbocycles. The molecule has 0 radical (unpaired) electrons. The van der Waals surface area contributed by atoms with E-state index >= 15 is 0 Å². The number of aromatic nitrogens is 1. The summed E-state index contributed by atoms with van der Waals surface area (Å²) in [5, 5.41) is 56.4. The summed E-state index contributed by atoms with van der Waals surface area (Å²) >= 11 is 0. The number of benzene rings is 9. The third kappa shape index (κ3) is 5.77. The molecular weight excluding hydrogens is 773 g/mol. The number of para-hydroxylation sites is 3. The van der Waals surface area contributed by atoms with Crippen molar-refractivity contribution in [2.24, 2.45) is 0 Å². The average molecular weight is 809 g/mol. The van der Waals surface area contributed by atoms with Crippen molar-refractivity contribution in [2.75, 3.05) is 4.90 Å². The van der Waals surface area contributed by atoms with E-state index in [-0.39, 0.29) is 5.56 Å². The lowest BCUT2D eigenvalue weighted by Gasteiger charge is -2.26. The zero-order valence-corrected chi connectivity index (χ0v) is 32.9. The van der Waals surface area contributed by atoms with Gasteiger partial charge in [-0.3, -0.25) is 0 Å². The van der Waals surface area contributed by atoms with Crippen LogP contribution in [0.15, 0.2) is 192 Å². The number of aromatic hydroxyl groups is 5. The van der Waals surface area contributed by atoms with E-state index in [1.54, 1.807) is 12.1 Å². The molecule has 0 spiro atoms. The zero-order valence-electron chi connectivity index (χ0n) is 32.9. The van der Waals surface area contributed by atoms with Crippen LogP contribution in [0, 0.1) is 0 Å². The van der Waals surface area contributed by atoms with Crippen molar-refractivity contribution in [3.05, 3.63) is 188 Å². The van der Waals surface area contributed by atoms with Crippen molar-refractivity contribution in [1.82, 2.24) is 4.57 Å². The van der Waals surface area contributed by atoms with Crippen LogP contribution in [0.25, 0.3) is 82.8 Å².